The van der Waals surface area contributed by atoms with Crippen molar-refractivity contribution in [2.45, 2.75) is 20.8 Å². The molecule has 0 amide bonds. The van der Waals surface area contributed by atoms with E-state index < -0.39 is 5.41 Å². The standard InChI is InChI=1S/C20H23N3O4/c1-20(2,3)18(24)12-9-21-19-16(12)23-13(10-22-19)11-7-14(25-4)17(27-6)15(8-11)26-5/h7-10H,1-6H3,(H,21,22). The summed E-state index contributed by atoms with van der Waals surface area (Å²) < 4.78 is 16.2. The third-order valence-corrected chi connectivity index (χ3v) is 4.27. The van der Waals surface area contributed by atoms with Crippen molar-refractivity contribution >= 4 is 16.9 Å². The van der Waals surface area contributed by atoms with Gasteiger partial charge in [-0.1, -0.05) is 20.8 Å². The Morgan fingerprint density at radius 3 is 2.19 bits per heavy atom. The number of methoxy groups -OCH3 is 3. The van der Waals surface area contributed by atoms with Crippen molar-refractivity contribution in [3.05, 3.63) is 30.1 Å². The van der Waals surface area contributed by atoms with Crippen LogP contribution in [-0.2, 0) is 0 Å². The number of nitrogens with zero attached hydrogens (tertiary/aromatic N) is 2. The first-order chi connectivity index (χ1) is 12.8. The Morgan fingerprint density at radius 2 is 1.67 bits per heavy atom. The van der Waals surface area contributed by atoms with Crippen LogP contribution in [0, 0.1) is 5.41 Å². The molecule has 3 rings (SSSR count). The van der Waals surface area contributed by atoms with Crippen molar-refractivity contribution in [1.29, 1.82) is 0 Å². The van der Waals surface area contributed by atoms with E-state index in [0.717, 1.165) is 5.56 Å². The molecule has 0 saturated carbocycles. The lowest BCUT2D eigenvalue weighted by atomic mass is 9.87. The fraction of sp³-hybridized carbons (Fsp3) is 0.350. The fourth-order valence-corrected chi connectivity index (χ4v) is 2.84. The minimum absolute atomic E-state index is 0.00471. The second-order valence-electron chi connectivity index (χ2n) is 7.15. The molecule has 3 aromatic rings. The number of benzene rings is 1. The Kier molecular flexibility index (Phi) is 4.78. The highest BCUT2D eigenvalue weighted by atomic mass is 16.5. The lowest BCUT2D eigenvalue weighted by Crippen LogP contribution is -2.20. The van der Waals surface area contributed by atoms with Crippen LogP contribution in [0.2, 0.25) is 0 Å². The third-order valence-electron chi connectivity index (χ3n) is 4.27. The zero-order valence-corrected chi connectivity index (χ0v) is 16.3. The Hall–Kier alpha value is -3.09. The topological polar surface area (TPSA) is 86.3 Å². The number of ether oxygens (including phenoxy) is 3. The number of hydrogen-bond donors (Lipinski definition) is 1. The van der Waals surface area contributed by atoms with Gasteiger partial charge in [0.2, 0.25) is 5.75 Å². The first-order valence-corrected chi connectivity index (χ1v) is 8.49. The van der Waals surface area contributed by atoms with Crippen LogP contribution in [0.3, 0.4) is 0 Å². The Labute approximate surface area is 157 Å². The molecule has 0 spiro atoms. The van der Waals surface area contributed by atoms with Crippen LogP contribution >= 0.6 is 0 Å². The highest BCUT2D eigenvalue weighted by Gasteiger charge is 2.26. The summed E-state index contributed by atoms with van der Waals surface area (Å²) in [5.74, 6) is 1.55. The number of fused-ring (bicyclic) bond motifs is 1. The zero-order chi connectivity index (χ0) is 19.8. The molecule has 2 aromatic heterocycles. The van der Waals surface area contributed by atoms with Gasteiger partial charge >= 0.3 is 0 Å². The summed E-state index contributed by atoms with van der Waals surface area (Å²) in [6.45, 7) is 5.64. The van der Waals surface area contributed by atoms with Crippen LogP contribution in [0.15, 0.2) is 24.5 Å². The van der Waals surface area contributed by atoms with E-state index in [2.05, 4.69) is 15.0 Å². The maximum absolute atomic E-state index is 12.7. The monoisotopic (exact) mass is 369 g/mol. The van der Waals surface area contributed by atoms with Gasteiger partial charge in [-0.05, 0) is 12.1 Å². The second-order valence-corrected chi connectivity index (χ2v) is 7.15. The molecule has 0 saturated heterocycles. The Morgan fingerprint density at radius 1 is 1.04 bits per heavy atom. The summed E-state index contributed by atoms with van der Waals surface area (Å²) in [7, 11) is 4.67. The second kappa shape index (κ2) is 6.90. The van der Waals surface area contributed by atoms with Gasteiger partial charge in [-0.2, -0.15) is 0 Å². The van der Waals surface area contributed by atoms with Gasteiger partial charge in [0.25, 0.3) is 0 Å². The first-order valence-electron chi connectivity index (χ1n) is 8.49. The third kappa shape index (κ3) is 3.32. The maximum atomic E-state index is 12.7. The van der Waals surface area contributed by atoms with Gasteiger partial charge in [-0.15, -0.1) is 0 Å². The van der Waals surface area contributed by atoms with Crippen molar-refractivity contribution in [2.24, 2.45) is 5.41 Å². The quantitative estimate of drug-likeness (QED) is 0.687. The van der Waals surface area contributed by atoms with Crippen molar-refractivity contribution in [1.82, 2.24) is 15.0 Å². The molecule has 0 bridgehead atoms. The van der Waals surface area contributed by atoms with E-state index in [-0.39, 0.29) is 5.78 Å². The smallest absolute Gasteiger partial charge is 0.203 e. The van der Waals surface area contributed by atoms with Crippen molar-refractivity contribution in [3.63, 3.8) is 0 Å². The summed E-state index contributed by atoms with van der Waals surface area (Å²) in [5, 5.41) is 0. The van der Waals surface area contributed by atoms with E-state index in [1.807, 2.05) is 20.8 Å². The molecule has 1 N–H and O–H groups in total. The van der Waals surface area contributed by atoms with Crippen LogP contribution < -0.4 is 14.2 Å². The summed E-state index contributed by atoms with van der Waals surface area (Å²) >= 11 is 0. The zero-order valence-electron chi connectivity index (χ0n) is 16.3. The number of carbonyl (C=O) groups is 1. The molecule has 0 unspecified atom stereocenters. The van der Waals surface area contributed by atoms with Gasteiger partial charge < -0.3 is 19.2 Å². The maximum Gasteiger partial charge on any atom is 0.203 e. The molecule has 1 aromatic carbocycles. The first kappa shape index (κ1) is 18.7. The van der Waals surface area contributed by atoms with Gasteiger partial charge in [0, 0.05) is 17.2 Å². The number of H-pyrrole nitrogens is 1. The number of ketones is 1. The minimum Gasteiger partial charge on any atom is -0.493 e. The van der Waals surface area contributed by atoms with Crippen LogP contribution in [0.1, 0.15) is 31.1 Å². The molecule has 0 aliphatic carbocycles. The molecule has 27 heavy (non-hydrogen) atoms. The van der Waals surface area contributed by atoms with Crippen LogP contribution in [0.4, 0.5) is 0 Å². The van der Waals surface area contributed by atoms with Crippen LogP contribution in [0.25, 0.3) is 22.4 Å². The average Bonchev–Trinajstić information content (AvgIpc) is 3.08. The largest absolute Gasteiger partial charge is 0.493 e. The van der Waals surface area contributed by atoms with E-state index in [1.165, 1.54) is 0 Å². The normalized spacial score (nSPS) is 11.5. The number of hydrogen-bond acceptors (Lipinski definition) is 6. The predicted molar refractivity (Wildman–Crippen MR) is 103 cm³/mol. The predicted octanol–water partition coefficient (Wildman–Crippen LogP) is 3.88. The number of aromatic nitrogens is 3. The molecule has 142 valence electrons. The van der Waals surface area contributed by atoms with Gasteiger partial charge in [-0.25, -0.2) is 9.97 Å². The van der Waals surface area contributed by atoms with E-state index in [9.17, 15) is 4.79 Å². The molecular weight excluding hydrogens is 346 g/mol. The Balaban J connectivity index is 2.17. The number of rotatable bonds is 5. The van der Waals surface area contributed by atoms with Crippen LogP contribution in [0.5, 0.6) is 17.2 Å². The fourth-order valence-electron chi connectivity index (χ4n) is 2.84. The van der Waals surface area contributed by atoms with Gasteiger partial charge in [0.05, 0.1) is 38.8 Å². The van der Waals surface area contributed by atoms with Crippen molar-refractivity contribution in [3.8, 4) is 28.5 Å². The lowest BCUT2D eigenvalue weighted by Gasteiger charge is -2.15. The molecule has 2 heterocycles. The highest BCUT2D eigenvalue weighted by Crippen LogP contribution is 2.41. The van der Waals surface area contributed by atoms with Crippen LogP contribution in [-0.4, -0.2) is 42.1 Å². The summed E-state index contributed by atoms with van der Waals surface area (Å²) in [6.07, 6.45) is 3.31. The molecule has 7 heteroatoms. The minimum atomic E-state index is -0.515. The number of aromatic amines is 1. The molecule has 0 aliphatic rings. The molecular formula is C20H23N3O4. The van der Waals surface area contributed by atoms with Crippen molar-refractivity contribution in [2.75, 3.05) is 21.3 Å². The van der Waals surface area contributed by atoms with E-state index in [1.54, 1.807) is 45.9 Å². The summed E-state index contributed by atoms with van der Waals surface area (Å²) in [6, 6.07) is 3.60. The summed E-state index contributed by atoms with van der Waals surface area (Å²) in [5.41, 5.74) is 2.47. The van der Waals surface area contributed by atoms with E-state index in [4.69, 9.17) is 14.2 Å². The molecule has 7 nitrogen and oxygen atoms in total. The highest BCUT2D eigenvalue weighted by molar-refractivity contribution is 6.08. The summed E-state index contributed by atoms with van der Waals surface area (Å²) in [4.78, 5) is 24.8. The number of nitrogens with one attached hydrogen (secondary N) is 1. The van der Waals surface area contributed by atoms with E-state index >= 15 is 0 Å². The van der Waals surface area contributed by atoms with Gasteiger partial charge in [0.1, 0.15) is 5.52 Å². The molecule has 0 atom stereocenters. The van der Waals surface area contributed by atoms with Gasteiger partial charge in [0.15, 0.2) is 22.9 Å². The molecule has 0 radical (unpaired) electrons. The number of carbonyl (C=O) groups excluding carboxylic acids is 1. The molecule has 0 aliphatic heterocycles. The van der Waals surface area contributed by atoms with Crippen molar-refractivity contribution < 1.29 is 19.0 Å². The molecule has 0 fully saturated rings. The average molecular weight is 369 g/mol. The van der Waals surface area contributed by atoms with E-state index in [0.29, 0.717) is 39.7 Å². The van der Waals surface area contributed by atoms with Gasteiger partial charge in [-0.3, -0.25) is 4.79 Å². The lowest BCUT2D eigenvalue weighted by molar-refractivity contribution is 0.0860. The SMILES string of the molecule is COc1cc(-c2cnc3[nH]cc(C(=O)C(C)(C)C)c3n2)cc(OC)c1OC. The number of Topliss-reactive ketones (excluding diaryl/α,β-unsaturated/α-hetero) is 1. The Bertz CT molecular complexity index is 977.